The molecule has 0 amide bonds. The van der Waals surface area contributed by atoms with E-state index in [0.29, 0.717) is 12.8 Å². The standard InChI is InChI=1S/C9H15F2N/c1-2-12-5-3-8(4-6-12)7-9(8,10)11/h2-7H2,1H3. The van der Waals surface area contributed by atoms with Crippen molar-refractivity contribution in [3.8, 4) is 0 Å². The van der Waals surface area contributed by atoms with Crippen molar-refractivity contribution in [2.45, 2.75) is 32.1 Å². The summed E-state index contributed by atoms with van der Waals surface area (Å²) in [6.45, 7) is 4.82. The SMILES string of the molecule is CCN1CCC2(CC1)CC2(F)F. The van der Waals surface area contributed by atoms with Crippen LogP contribution in [0.4, 0.5) is 8.78 Å². The van der Waals surface area contributed by atoms with E-state index in [1.54, 1.807) is 0 Å². The zero-order chi connectivity index (χ0) is 8.82. The van der Waals surface area contributed by atoms with E-state index in [-0.39, 0.29) is 6.42 Å². The van der Waals surface area contributed by atoms with Gasteiger partial charge in [0.1, 0.15) is 0 Å². The van der Waals surface area contributed by atoms with Gasteiger partial charge in [0.25, 0.3) is 5.92 Å². The maximum atomic E-state index is 12.9. The lowest BCUT2D eigenvalue weighted by Gasteiger charge is -2.31. The largest absolute Gasteiger partial charge is 0.304 e. The molecule has 0 unspecified atom stereocenters. The van der Waals surface area contributed by atoms with Crippen molar-refractivity contribution < 1.29 is 8.78 Å². The zero-order valence-electron chi connectivity index (χ0n) is 7.45. The summed E-state index contributed by atoms with van der Waals surface area (Å²) in [5, 5.41) is 0. The van der Waals surface area contributed by atoms with Crippen molar-refractivity contribution in [2.24, 2.45) is 5.41 Å². The highest BCUT2D eigenvalue weighted by atomic mass is 19.3. The molecule has 0 aromatic rings. The maximum absolute atomic E-state index is 12.9. The van der Waals surface area contributed by atoms with E-state index in [9.17, 15) is 8.78 Å². The van der Waals surface area contributed by atoms with Gasteiger partial charge in [-0.3, -0.25) is 0 Å². The number of rotatable bonds is 1. The Balaban J connectivity index is 1.92. The van der Waals surface area contributed by atoms with Crippen LogP contribution in [0.2, 0.25) is 0 Å². The van der Waals surface area contributed by atoms with Gasteiger partial charge in [0.05, 0.1) is 0 Å². The first-order valence-corrected chi connectivity index (χ1v) is 4.70. The molecule has 0 aromatic heterocycles. The Kier molecular flexibility index (Phi) is 1.69. The predicted molar refractivity (Wildman–Crippen MR) is 43.3 cm³/mol. The second-order valence-electron chi connectivity index (χ2n) is 4.10. The molecule has 0 atom stereocenters. The lowest BCUT2D eigenvalue weighted by molar-refractivity contribution is 0.0324. The van der Waals surface area contributed by atoms with Crippen molar-refractivity contribution in [1.29, 1.82) is 0 Å². The van der Waals surface area contributed by atoms with Gasteiger partial charge >= 0.3 is 0 Å². The molecule has 1 saturated carbocycles. The van der Waals surface area contributed by atoms with Crippen molar-refractivity contribution in [1.82, 2.24) is 4.90 Å². The first-order valence-electron chi connectivity index (χ1n) is 4.70. The van der Waals surface area contributed by atoms with Crippen LogP contribution in [0.15, 0.2) is 0 Å². The summed E-state index contributed by atoms with van der Waals surface area (Å²) >= 11 is 0. The third-order valence-corrected chi connectivity index (χ3v) is 3.47. The van der Waals surface area contributed by atoms with Crippen LogP contribution in [-0.2, 0) is 0 Å². The van der Waals surface area contributed by atoms with E-state index >= 15 is 0 Å². The van der Waals surface area contributed by atoms with Crippen molar-refractivity contribution in [3.63, 3.8) is 0 Å². The van der Waals surface area contributed by atoms with Gasteiger partial charge in [-0.1, -0.05) is 6.92 Å². The van der Waals surface area contributed by atoms with Gasteiger partial charge in [0, 0.05) is 11.8 Å². The molecule has 1 aliphatic carbocycles. The quantitative estimate of drug-likeness (QED) is 0.590. The molecule has 12 heavy (non-hydrogen) atoms. The fraction of sp³-hybridized carbons (Fsp3) is 1.00. The number of hydrogen-bond donors (Lipinski definition) is 0. The fourth-order valence-electron chi connectivity index (χ4n) is 2.22. The highest BCUT2D eigenvalue weighted by Crippen LogP contribution is 2.65. The zero-order valence-corrected chi connectivity index (χ0v) is 7.45. The van der Waals surface area contributed by atoms with Crippen molar-refractivity contribution >= 4 is 0 Å². The second kappa shape index (κ2) is 2.41. The van der Waals surface area contributed by atoms with E-state index in [4.69, 9.17) is 0 Å². The Hall–Kier alpha value is -0.180. The molecule has 1 spiro atoms. The average Bonchev–Trinajstić information content (AvgIpc) is 2.55. The van der Waals surface area contributed by atoms with Crippen LogP contribution in [0.25, 0.3) is 0 Å². The van der Waals surface area contributed by atoms with E-state index in [2.05, 4.69) is 11.8 Å². The van der Waals surface area contributed by atoms with E-state index in [0.717, 1.165) is 19.6 Å². The summed E-state index contributed by atoms with van der Waals surface area (Å²) in [6.07, 6.45) is 1.55. The Labute approximate surface area is 71.7 Å². The van der Waals surface area contributed by atoms with Gasteiger partial charge in [-0.2, -0.15) is 0 Å². The summed E-state index contributed by atoms with van der Waals surface area (Å²) in [4.78, 5) is 2.25. The molecule has 0 bridgehead atoms. The third-order valence-electron chi connectivity index (χ3n) is 3.47. The average molecular weight is 175 g/mol. The summed E-state index contributed by atoms with van der Waals surface area (Å²) in [7, 11) is 0. The molecule has 0 N–H and O–H groups in total. The lowest BCUT2D eigenvalue weighted by Crippen LogP contribution is -2.36. The summed E-state index contributed by atoms with van der Waals surface area (Å²) < 4.78 is 25.8. The summed E-state index contributed by atoms with van der Waals surface area (Å²) in [5.41, 5.74) is -0.571. The van der Waals surface area contributed by atoms with Crippen molar-refractivity contribution in [3.05, 3.63) is 0 Å². The summed E-state index contributed by atoms with van der Waals surface area (Å²) in [6, 6.07) is 0. The van der Waals surface area contributed by atoms with Gasteiger partial charge in [-0.05, 0) is 32.5 Å². The highest BCUT2D eigenvalue weighted by molar-refractivity contribution is 5.11. The number of piperidine rings is 1. The van der Waals surface area contributed by atoms with Crippen LogP contribution in [-0.4, -0.2) is 30.5 Å². The number of hydrogen-bond acceptors (Lipinski definition) is 1. The van der Waals surface area contributed by atoms with Gasteiger partial charge < -0.3 is 4.90 Å². The van der Waals surface area contributed by atoms with Gasteiger partial charge in [0.2, 0.25) is 0 Å². The molecular formula is C9H15F2N. The van der Waals surface area contributed by atoms with Crippen LogP contribution >= 0.6 is 0 Å². The molecule has 3 heteroatoms. The molecule has 70 valence electrons. The molecule has 1 aliphatic heterocycles. The molecule has 1 heterocycles. The van der Waals surface area contributed by atoms with Gasteiger partial charge in [0.15, 0.2) is 0 Å². The first-order chi connectivity index (χ1) is 5.60. The van der Waals surface area contributed by atoms with E-state index in [1.165, 1.54) is 0 Å². The Bertz CT molecular complexity index is 183. The Morgan fingerprint density at radius 2 is 1.75 bits per heavy atom. The second-order valence-corrected chi connectivity index (χ2v) is 4.10. The number of nitrogens with zero attached hydrogens (tertiary/aromatic N) is 1. The van der Waals surface area contributed by atoms with Crippen LogP contribution in [0.3, 0.4) is 0 Å². The predicted octanol–water partition coefficient (Wildman–Crippen LogP) is 2.13. The van der Waals surface area contributed by atoms with Gasteiger partial charge in [-0.25, -0.2) is 8.78 Å². The smallest absolute Gasteiger partial charge is 0.254 e. The van der Waals surface area contributed by atoms with Crippen LogP contribution in [0.1, 0.15) is 26.2 Å². The van der Waals surface area contributed by atoms with Crippen LogP contribution in [0.5, 0.6) is 0 Å². The Morgan fingerprint density at radius 1 is 1.25 bits per heavy atom. The summed E-state index contributed by atoms with van der Waals surface area (Å²) in [5.74, 6) is -2.33. The molecule has 2 rings (SSSR count). The normalized spacial score (nSPS) is 32.2. The van der Waals surface area contributed by atoms with E-state index < -0.39 is 11.3 Å². The molecule has 0 aromatic carbocycles. The molecule has 2 aliphatic rings. The minimum absolute atomic E-state index is 0.150. The van der Waals surface area contributed by atoms with Crippen molar-refractivity contribution in [2.75, 3.05) is 19.6 Å². The topological polar surface area (TPSA) is 3.24 Å². The lowest BCUT2D eigenvalue weighted by atomic mass is 9.93. The minimum atomic E-state index is -2.33. The van der Waals surface area contributed by atoms with E-state index in [1.807, 2.05) is 0 Å². The molecule has 2 fully saturated rings. The molecular weight excluding hydrogens is 160 g/mol. The van der Waals surface area contributed by atoms with Gasteiger partial charge in [-0.15, -0.1) is 0 Å². The molecule has 1 nitrogen and oxygen atoms in total. The number of likely N-dealkylation sites (tertiary alicyclic amines) is 1. The monoisotopic (exact) mass is 175 g/mol. The molecule has 1 saturated heterocycles. The van der Waals surface area contributed by atoms with Crippen LogP contribution < -0.4 is 0 Å². The number of halogens is 2. The maximum Gasteiger partial charge on any atom is 0.254 e. The number of alkyl halides is 2. The minimum Gasteiger partial charge on any atom is -0.304 e. The van der Waals surface area contributed by atoms with Crippen LogP contribution in [0, 0.1) is 5.41 Å². The third kappa shape index (κ3) is 1.06. The Morgan fingerprint density at radius 3 is 2.08 bits per heavy atom. The highest BCUT2D eigenvalue weighted by Gasteiger charge is 2.70. The fourth-order valence-corrected chi connectivity index (χ4v) is 2.22. The first kappa shape index (κ1) is 8.42. The molecule has 0 radical (unpaired) electrons.